The first-order chi connectivity index (χ1) is 6.78. The van der Waals surface area contributed by atoms with Gasteiger partial charge >= 0.3 is 0 Å². The van der Waals surface area contributed by atoms with E-state index in [4.69, 9.17) is 39.5 Å². The van der Waals surface area contributed by atoms with Crippen molar-refractivity contribution in [1.82, 2.24) is 5.32 Å². The second-order valence-electron chi connectivity index (χ2n) is 3.86. The van der Waals surface area contributed by atoms with E-state index in [2.05, 4.69) is 12.2 Å². The summed E-state index contributed by atoms with van der Waals surface area (Å²) in [5, 5.41) is 2.71. The number of halogens is 3. The Morgan fingerprint density at radius 1 is 1.53 bits per heavy atom. The highest BCUT2D eigenvalue weighted by Gasteiger charge is 2.50. The van der Waals surface area contributed by atoms with E-state index in [1.54, 1.807) is 6.92 Å². The van der Waals surface area contributed by atoms with Crippen LogP contribution in [0.3, 0.4) is 0 Å². The van der Waals surface area contributed by atoms with Crippen molar-refractivity contribution in [3.63, 3.8) is 0 Å². The molecule has 0 radical (unpaired) electrons. The molecule has 0 saturated carbocycles. The SMILES string of the molecule is CCCC[C@]1(C)NC(=O)[C@@H](C(Cl)(Cl)Cl)O1. The third-order valence-corrected chi connectivity index (χ3v) is 2.90. The lowest BCUT2D eigenvalue weighted by Crippen LogP contribution is -2.39. The van der Waals surface area contributed by atoms with Gasteiger partial charge in [-0.05, 0) is 19.8 Å². The molecule has 1 amide bonds. The highest BCUT2D eigenvalue weighted by molar-refractivity contribution is 6.68. The predicted octanol–water partition coefficient (Wildman–Crippen LogP) is 2.78. The summed E-state index contributed by atoms with van der Waals surface area (Å²) in [6.45, 7) is 3.85. The fourth-order valence-electron chi connectivity index (χ4n) is 1.52. The Morgan fingerprint density at radius 2 is 2.13 bits per heavy atom. The van der Waals surface area contributed by atoms with Crippen LogP contribution in [0.4, 0.5) is 0 Å². The molecule has 6 heteroatoms. The Morgan fingerprint density at radius 3 is 2.53 bits per heavy atom. The standard InChI is InChI=1S/C9H14Cl3NO2/c1-3-4-5-8(2)13-7(14)6(15-8)9(10,11)12/h6H,3-5H2,1-2H3,(H,13,14)/t6-,8+/m0/s1. The number of hydrogen-bond donors (Lipinski definition) is 1. The van der Waals surface area contributed by atoms with Gasteiger partial charge in [-0.3, -0.25) is 4.79 Å². The number of ether oxygens (including phenoxy) is 1. The van der Waals surface area contributed by atoms with Crippen LogP contribution in [0.25, 0.3) is 0 Å². The zero-order chi connectivity index (χ0) is 11.7. The van der Waals surface area contributed by atoms with Crippen molar-refractivity contribution < 1.29 is 9.53 Å². The quantitative estimate of drug-likeness (QED) is 0.804. The van der Waals surface area contributed by atoms with Crippen molar-refractivity contribution in [1.29, 1.82) is 0 Å². The molecule has 0 spiro atoms. The fraction of sp³-hybridized carbons (Fsp3) is 0.889. The summed E-state index contributed by atoms with van der Waals surface area (Å²) in [6, 6.07) is 0. The molecule has 1 heterocycles. The lowest BCUT2D eigenvalue weighted by molar-refractivity contribution is -0.123. The molecule has 3 nitrogen and oxygen atoms in total. The van der Waals surface area contributed by atoms with Crippen molar-refractivity contribution in [2.24, 2.45) is 0 Å². The summed E-state index contributed by atoms with van der Waals surface area (Å²) < 4.78 is 3.76. The second kappa shape index (κ2) is 4.66. The summed E-state index contributed by atoms with van der Waals surface area (Å²) in [5.41, 5.74) is -0.707. The van der Waals surface area contributed by atoms with E-state index in [1.165, 1.54) is 0 Å². The van der Waals surface area contributed by atoms with Crippen LogP contribution in [0.5, 0.6) is 0 Å². The van der Waals surface area contributed by atoms with Gasteiger partial charge in [0, 0.05) is 0 Å². The molecule has 0 aromatic heterocycles. The summed E-state index contributed by atoms with van der Waals surface area (Å²) in [6.07, 6.45) is 1.66. The number of hydrogen-bond acceptors (Lipinski definition) is 2. The van der Waals surface area contributed by atoms with Crippen LogP contribution in [0.15, 0.2) is 0 Å². The minimum Gasteiger partial charge on any atom is -0.338 e. The monoisotopic (exact) mass is 273 g/mol. The zero-order valence-electron chi connectivity index (χ0n) is 8.65. The van der Waals surface area contributed by atoms with Gasteiger partial charge in [-0.15, -0.1) is 0 Å². The van der Waals surface area contributed by atoms with E-state index < -0.39 is 15.6 Å². The molecular formula is C9H14Cl3NO2. The lowest BCUT2D eigenvalue weighted by Gasteiger charge is -2.25. The first-order valence-corrected chi connectivity index (χ1v) is 5.98. The van der Waals surface area contributed by atoms with Crippen LogP contribution in [0.2, 0.25) is 0 Å². The Hall–Kier alpha value is 0.300. The van der Waals surface area contributed by atoms with Crippen LogP contribution in [-0.2, 0) is 9.53 Å². The van der Waals surface area contributed by atoms with Crippen LogP contribution in [0.1, 0.15) is 33.1 Å². The van der Waals surface area contributed by atoms with E-state index in [0.29, 0.717) is 6.42 Å². The van der Waals surface area contributed by atoms with Crippen LogP contribution in [-0.4, -0.2) is 21.5 Å². The average Bonchev–Trinajstić information content (AvgIpc) is 2.39. The number of carbonyl (C=O) groups excluding carboxylic acids is 1. The highest BCUT2D eigenvalue weighted by Crippen LogP contribution is 2.38. The van der Waals surface area contributed by atoms with E-state index in [1.807, 2.05) is 0 Å². The number of carbonyl (C=O) groups is 1. The molecule has 0 aliphatic carbocycles. The van der Waals surface area contributed by atoms with E-state index >= 15 is 0 Å². The maximum atomic E-state index is 11.5. The molecular weight excluding hydrogens is 260 g/mol. The summed E-state index contributed by atoms with van der Waals surface area (Å²) >= 11 is 16.9. The zero-order valence-corrected chi connectivity index (χ0v) is 10.9. The van der Waals surface area contributed by atoms with Gasteiger partial charge in [-0.25, -0.2) is 0 Å². The Labute approximate surface area is 104 Å². The lowest BCUT2D eigenvalue weighted by atomic mass is 10.1. The van der Waals surface area contributed by atoms with Crippen molar-refractivity contribution in [3.05, 3.63) is 0 Å². The molecule has 0 unspecified atom stereocenters. The maximum Gasteiger partial charge on any atom is 0.255 e. The van der Waals surface area contributed by atoms with Gasteiger partial charge in [0.1, 0.15) is 5.72 Å². The normalized spacial score (nSPS) is 31.8. The summed E-state index contributed by atoms with van der Waals surface area (Å²) in [4.78, 5) is 11.5. The molecule has 1 aliphatic rings. The average molecular weight is 275 g/mol. The number of nitrogens with one attached hydrogen (secondary N) is 1. The maximum absolute atomic E-state index is 11.5. The van der Waals surface area contributed by atoms with Crippen LogP contribution in [0, 0.1) is 0 Å². The molecule has 1 aliphatic heterocycles. The van der Waals surface area contributed by atoms with Gasteiger partial charge < -0.3 is 10.1 Å². The Balaban J connectivity index is 2.66. The number of alkyl halides is 3. The highest BCUT2D eigenvalue weighted by atomic mass is 35.6. The van der Waals surface area contributed by atoms with Crippen molar-refractivity contribution in [2.75, 3.05) is 0 Å². The van der Waals surface area contributed by atoms with Gasteiger partial charge in [0.15, 0.2) is 6.10 Å². The summed E-state index contributed by atoms with van der Waals surface area (Å²) in [5.74, 6) is -0.367. The third kappa shape index (κ3) is 3.38. The van der Waals surface area contributed by atoms with Crippen LogP contribution >= 0.6 is 34.8 Å². The molecule has 1 rings (SSSR count). The molecule has 0 bridgehead atoms. The first-order valence-electron chi connectivity index (χ1n) is 4.85. The third-order valence-electron chi connectivity index (χ3n) is 2.31. The molecule has 0 aromatic rings. The van der Waals surface area contributed by atoms with E-state index in [-0.39, 0.29) is 5.91 Å². The summed E-state index contributed by atoms with van der Waals surface area (Å²) in [7, 11) is 0. The van der Waals surface area contributed by atoms with E-state index in [9.17, 15) is 4.79 Å². The first kappa shape index (κ1) is 13.4. The minimum absolute atomic E-state index is 0.367. The molecule has 88 valence electrons. The van der Waals surface area contributed by atoms with Crippen molar-refractivity contribution in [2.45, 2.75) is 48.7 Å². The fourth-order valence-corrected chi connectivity index (χ4v) is 1.95. The molecule has 15 heavy (non-hydrogen) atoms. The van der Waals surface area contributed by atoms with Gasteiger partial charge in [0.05, 0.1) is 0 Å². The molecule has 1 fully saturated rings. The number of amides is 1. The molecule has 2 atom stereocenters. The Kier molecular flexibility index (Phi) is 4.15. The largest absolute Gasteiger partial charge is 0.338 e. The van der Waals surface area contributed by atoms with Crippen molar-refractivity contribution >= 4 is 40.7 Å². The number of unbranched alkanes of at least 4 members (excludes halogenated alkanes) is 1. The van der Waals surface area contributed by atoms with Gasteiger partial charge in [0.2, 0.25) is 3.79 Å². The van der Waals surface area contributed by atoms with E-state index in [0.717, 1.165) is 12.8 Å². The second-order valence-corrected chi connectivity index (χ2v) is 6.23. The van der Waals surface area contributed by atoms with Crippen LogP contribution < -0.4 is 5.32 Å². The van der Waals surface area contributed by atoms with Gasteiger partial charge in [-0.1, -0.05) is 48.1 Å². The predicted molar refractivity (Wildman–Crippen MR) is 61.2 cm³/mol. The number of rotatable bonds is 3. The van der Waals surface area contributed by atoms with Crippen molar-refractivity contribution in [3.8, 4) is 0 Å². The smallest absolute Gasteiger partial charge is 0.255 e. The molecule has 1 saturated heterocycles. The van der Waals surface area contributed by atoms with Gasteiger partial charge in [-0.2, -0.15) is 0 Å². The Bertz CT molecular complexity index is 254. The topological polar surface area (TPSA) is 38.3 Å². The minimum atomic E-state index is -1.71. The molecule has 1 N–H and O–H groups in total. The molecule has 0 aromatic carbocycles. The van der Waals surface area contributed by atoms with Gasteiger partial charge in [0.25, 0.3) is 5.91 Å².